The zero-order valence-corrected chi connectivity index (χ0v) is 19.4. The summed E-state index contributed by atoms with van der Waals surface area (Å²) in [5.74, 6) is -1.03. The van der Waals surface area contributed by atoms with Crippen LogP contribution in [0.1, 0.15) is 5.56 Å². The van der Waals surface area contributed by atoms with Crippen molar-refractivity contribution in [3.63, 3.8) is 0 Å². The summed E-state index contributed by atoms with van der Waals surface area (Å²) >= 11 is 9.97. The number of ether oxygens (including phenoxy) is 2. The lowest BCUT2D eigenvalue weighted by atomic mass is 10.1. The molecular formula is C20H16BrClN2O6S. The number of phenols is 1. The number of thioether (sulfide) groups is 1. The highest BCUT2D eigenvalue weighted by Crippen LogP contribution is 2.39. The quantitative estimate of drug-likeness (QED) is 0.533. The third kappa shape index (κ3) is 5.15. The molecule has 3 rings (SSSR count). The minimum absolute atomic E-state index is 0.124. The molecule has 0 atom stereocenters. The lowest BCUT2D eigenvalue weighted by Gasteiger charge is -2.13. The van der Waals surface area contributed by atoms with Gasteiger partial charge in [0.05, 0.1) is 24.1 Å². The maximum atomic E-state index is 12.7. The lowest BCUT2D eigenvalue weighted by Crippen LogP contribution is -2.36. The van der Waals surface area contributed by atoms with E-state index in [0.717, 1.165) is 4.90 Å². The molecule has 1 aliphatic rings. The average Bonchev–Trinajstić information content (AvgIpc) is 2.99. The van der Waals surface area contributed by atoms with Crippen molar-refractivity contribution in [2.45, 2.75) is 0 Å². The van der Waals surface area contributed by atoms with E-state index in [4.69, 9.17) is 21.1 Å². The Hall–Kier alpha value is -2.69. The van der Waals surface area contributed by atoms with E-state index >= 15 is 0 Å². The Labute approximate surface area is 195 Å². The molecule has 0 saturated carbocycles. The summed E-state index contributed by atoms with van der Waals surface area (Å²) in [5, 5.41) is 12.4. The smallest absolute Gasteiger partial charge is 0.294 e. The monoisotopic (exact) mass is 526 g/mol. The van der Waals surface area contributed by atoms with Gasteiger partial charge in [-0.1, -0.05) is 11.6 Å². The van der Waals surface area contributed by atoms with Crippen LogP contribution >= 0.6 is 39.3 Å². The first kappa shape index (κ1) is 23.0. The Balaban J connectivity index is 1.76. The van der Waals surface area contributed by atoms with Crippen molar-refractivity contribution >= 4 is 68.1 Å². The number of carbonyl (C=O) groups excluding carboxylic acids is 3. The molecule has 3 amide bonds. The Kier molecular flexibility index (Phi) is 7.14. The van der Waals surface area contributed by atoms with E-state index in [9.17, 15) is 19.5 Å². The third-order valence-electron chi connectivity index (χ3n) is 4.18. The van der Waals surface area contributed by atoms with Crippen molar-refractivity contribution in [2.75, 3.05) is 26.1 Å². The average molecular weight is 528 g/mol. The van der Waals surface area contributed by atoms with Crippen molar-refractivity contribution in [3.05, 3.63) is 50.3 Å². The van der Waals surface area contributed by atoms with Gasteiger partial charge in [-0.05, 0) is 69.7 Å². The van der Waals surface area contributed by atoms with Gasteiger partial charge in [0.15, 0.2) is 11.5 Å². The number of rotatable bonds is 6. The zero-order chi connectivity index (χ0) is 22.7. The predicted octanol–water partition coefficient (Wildman–Crippen LogP) is 4.50. The fourth-order valence-corrected chi connectivity index (χ4v) is 3.97. The second kappa shape index (κ2) is 9.63. The maximum absolute atomic E-state index is 12.7. The SMILES string of the molecule is COc1cc(/C=C2/SC(=O)N(CC(=O)Nc3ccc(Br)c(Cl)c3)C2=O)cc(OC)c1O. The van der Waals surface area contributed by atoms with Crippen molar-refractivity contribution in [1.82, 2.24) is 4.90 Å². The van der Waals surface area contributed by atoms with Crippen molar-refractivity contribution in [3.8, 4) is 17.2 Å². The number of phenolic OH excluding ortho intramolecular Hbond substituents is 1. The molecule has 162 valence electrons. The van der Waals surface area contributed by atoms with Gasteiger partial charge in [0.25, 0.3) is 11.1 Å². The van der Waals surface area contributed by atoms with Crippen LogP contribution in [0, 0.1) is 0 Å². The molecule has 2 aromatic rings. The first-order valence-electron chi connectivity index (χ1n) is 8.68. The van der Waals surface area contributed by atoms with Crippen LogP contribution in [0.5, 0.6) is 17.2 Å². The number of benzene rings is 2. The molecule has 8 nitrogen and oxygen atoms in total. The summed E-state index contributed by atoms with van der Waals surface area (Å²) in [7, 11) is 2.76. The molecule has 0 radical (unpaired) electrons. The van der Waals surface area contributed by atoms with E-state index in [1.54, 1.807) is 18.2 Å². The fraction of sp³-hybridized carbons (Fsp3) is 0.150. The van der Waals surface area contributed by atoms with Crippen LogP contribution in [-0.4, -0.2) is 47.8 Å². The lowest BCUT2D eigenvalue weighted by molar-refractivity contribution is -0.127. The molecule has 11 heteroatoms. The van der Waals surface area contributed by atoms with Gasteiger partial charge >= 0.3 is 0 Å². The standard InChI is InChI=1S/C20H16BrClN2O6S/c1-29-14-5-10(6-15(30-2)18(14)26)7-16-19(27)24(20(28)31-16)9-17(25)23-11-3-4-12(21)13(22)8-11/h3-8,26H,9H2,1-2H3,(H,23,25)/b16-7+. The van der Waals surface area contributed by atoms with Gasteiger partial charge < -0.3 is 19.9 Å². The minimum atomic E-state index is -0.606. The van der Waals surface area contributed by atoms with Crippen LogP contribution < -0.4 is 14.8 Å². The summed E-state index contributed by atoms with van der Waals surface area (Å²) < 4.78 is 10.9. The number of methoxy groups -OCH3 is 2. The number of amides is 3. The number of hydrogen-bond donors (Lipinski definition) is 2. The van der Waals surface area contributed by atoms with Crippen molar-refractivity contribution in [1.29, 1.82) is 0 Å². The molecule has 2 N–H and O–H groups in total. The Morgan fingerprint density at radius 1 is 1.23 bits per heavy atom. The van der Waals surface area contributed by atoms with Crippen LogP contribution in [0.25, 0.3) is 6.08 Å². The Bertz CT molecular complexity index is 1080. The molecule has 1 heterocycles. The van der Waals surface area contributed by atoms with E-state index in [1.165, 1.54) is 32.4 Å². The summed E-state index contributed by atoms with van der Waals surface area (Å²) in [6.45, 7) is -0.447. The summed E-state index contributed by atoms with van der Waals surface area (Å²) in [6, 6.07) is 7.84. The van der Waals surface area contributed by atoms with E-state index in [2.05, 4.69) is 21.2 Å². The molecule has 0 spiro atoms. The highest BCUT2D eigenvalue weighted by molar-refractivity contribution is 9.10. The number of anilines is 1. The van der Waals surface area contributed by atoms with E-state index in [1.807, 2.05) is 0 Å². The van der Waals surface area contributed by atoms with Gasteiger partial charge in [-0.3, -0.25) is 19.3 Å². The zero-order valence-electron chi connectivity index (χ0n) is 16.3. The molecule has 1 saturated heterocycles. The second-order valence-electron chi connectivity index (χ2n) is 6.22. The van der Waals surface area contributed by atoms with Crippen LogP contribution in [0.3, 0.4) is 0 Å². The molecular weight excluding hydrogens is 512 g/mol. The third-order valence-corrected chi connectivity index (χ3v) is 6.32. The summed E-state index contributed by atoms with van der Waals surface area (Å²) in [6.07, 6.45) is 1.46. The molecule has 1 fully saturated rings. The van der Waals surface area contributed by atoms with Gasteiger partial charge in [-0.25, -0.2) is 0 Å². The molecule has 0 aliphatic carbocycles. The molecule has 1 aliphatic heterocycles. The predicted molar refractivity (Wildman–Crippen MR) is 122 cm³/mol. The van der Waals surface area contributed by atoms with Gasteiger partial charge in [0.2, 0.25) is 11.7 Å². The topological polar surface area (TPSA) is 105 Å². The van der Waals surface area contributed by atoms with E-state index in [0.29, 0.717) is 32.5 Å². The largest absolute Gasteiger partial charge is 0.502 e. The number of nitrogens with one attached hydrogen (secondary N) is 1. The van der Waals surface area contributed by atoms with Gasteiger partial charge in [0, 0.05) is 10.2 Å². The highest BCUT2D eigenvalue weighted by Gasteiger charge is 2.36. The van der Waals surface area contributed by atoms with Gasteiger partial charge in [-0.2, -0.15) is 0 Å². The van der Waals surface area contributed by atoms with Gasteiger partial charge in [0.1, 0.15) is 6.54 Å². The van der Waals surface area contributed by atoms with E-state index < -0.39 is 23.6 Å². The molecule has 0 unspecified atom stereocenters. The molecule has 0 aromatic heterocycles. The minimum Gasteiger partial charge on any atom is -0.502 e. The normalized spacial score (nSPS) is 14.8. The van der Waals surface area contributed by atoms with E-state index in [-0.39, 0.29) is 22.2 Å². The Morgan fingerprint density at radius 3 is 2.45 bits per heavy atom. The summed E-state index contributed by atoms with van der Waals surface area (Å²) in [4.78, 5) is 38.3. The second-order valence-corrected chi connectivity index (χ2v) is 8.47. The molecule has 0 bridgehead atoms. The van der Waals surface area contributed by atoms with Crippen LogP contribution in [-0.2, 0) is 9.59 Å². The Morgan fingerprint density at radius 2 is 1.87 bits per heavy atom. The van der Waals surface area contributed by atoms with Gasteiger partial charge in [-0.15, -0.1) is 0 Å². The van der Waals surface area contributed by atoms with Crippen LogP contribution in [0.4, 0.5) is 10.5 Å². The number of nitrogens with zero attached hydrogens (tertiary/aromatic N) is 1. The highest BCUT2D eigenvalue weighted by atomic mass is 79.9. The molecule has 31 heavy (non-hydrogen) atoms. The molecule has 2 aromatic carbocycles. The first-order chi connectivity index (χ1) is 14.7. The van der Waals surface area contributed by atoms with Crippen LogP contribution in [0.15, 0.2) is 39.7 Å². The number of carbonyl (C=O) groups is 3. The number of hydrogen-bond acceptors (Lipinski definition) is 7. The van der Waals surface area contributed by atoms with Crippen LogP contribution in [0.2, 0.25) is 5.02 Å². The van der Waals surface area contributed by atoms with Crippen molar-refractivity contribution in [2.24, 2.45) is 0 Å². The summed E-state index contributed by atoms with van der Waals surface area (Å²) in [5.41, 5.74) is 0.912. The number of halogens is 2. The number of imide groups is 1. The number of aromatic hydroxyl groups is 1. The maximum Gasteiger partial charge on any atom is 0.294 e. The fourth-order valence-electron chi connectivity index (χ4n) is 2.70. The van der Waals surface area contributed by atoms with Crippen molar-refractivity contribution < 1.29 is 29.0 Å². The first-order valence-corrected chi connectivity index (χ1v) is 10.7.